The van der Waals surface area contributed by atoms with Gasteiger partial charge in [0.25, 0.3) is 0 Å². The van der Waals surface area contributed by atoms with Crippen LogP contribution in [0, 0.1) is 6.92 Å². The van der Waals surface area contributed by atoms with Crippen molar-refractivity contribution in [3.8, 4) is 11.4 Å². The van der Waals surface area contributed by atoms with E-state index in [0.717, 1.165) is 22.8 Å². The Labute approximate surface area is 131 Å². The summed E-state index contributed by atoms with van der Waals surface area (Å²) in [7, 11) is 0. The van der Waals surface area contributed by atoms with Crippen molar-refractivity contribution < 1.29 is 0 Å². The van der Waals surface area contributed by atoms with Gasteiger partial charge in [-0.15, -0.1) is 5.10 Å². The van der Waals surface area contributed by atoms with Gasteiger partial charge in [-0.2, -0.15) is 0 Å². The number of aryl methyl sites for hydroxylation is 1. The molecule has 5 nitrogen and oxygen atoms in total. The first-order valence-corrected chi connectivity index (χ1v) is 7.66. The molecule has 0 saturated heterocycles. The van der Waals surface area contributed by atoms with Crippen LogP contribution < -0.4 is 0 Å². The molecule has 106 valence electrons. The summed E-state index contributed by atoms with van der Waals surface area (Å²) in [5, 5.41) is 8.50. The van der Waals surface area contributed by atoms with Gasteiger partial charge in [-0.3, -0.25) is 15.1 Å². The van der Waals surface area contributed by atoms with Crippen LogP contribution >= 0.6 is 23.4 Å². The van der Waals surface area contributed by atoms with Gasteiger partial charge in [0.2, 0.25) is 5.16 Å². The van der Waals surface area contributed by atoms with E-state index in [4.69, 9.17) is 11.6 Å². The Morgan fingerprint density at radius 1 is 1.14 bits per heavy atom. The largest absolute Gasteiger partial charge is 0.258 e. The third-order valence-electron chi connectivity index (χ3n) is 2.77. The Morgan fingerprint density at radius 2 is 1.95 bits per heavy atom. The summed E-state index contributed by atoms with van der Waals surface area (Å²) in [4.78, 5) is 13.0. The van der Waals surface area contributed by atoms with E-state index in [1.54, 1.807) is 12.4 Å². The molecule has 0 saturated carbocycles. The van der Waals surface area contributed by atoms with Crippen molar-refractivity contribution in [1.29, 1.82) is 0 Å². The van der Waals surface area contributed by atoms with Crippen LogP contribution in [-0.4, -0.2) is 25.1 Å². The summed E-state index contributed by atoms with van der Waals surface area (Å²) in [5.41, 5.74) is 2.77. The van der Waals surface area contributed by atoms with E-state index in [0.29, 0.717) is 15.9 Å². The molecule has 0 radical (unpaired) electrons. The highest BCUT2D eigenvalue weighted by Gasteiger charge is 2.07. The highest BCUT2D eigenvalue weighted by atomic mass is 35.5. The minimum absolute atomic E-state index is 0.683. The van der Waals surface area contributed by atoms with Crippen LogP contribution in [-0.2, 0) is 5.75 Å². The SMILES string of the molecule is Cc1cnc(CSc2n[nH]c(-c3ccc(Cl)cc3)n2)cn1. The van der Waals surface area contributed by atoms with Crippen molar-refractivity contribution in [2.24, 2.45) is 0 Å². The molecular weight excluding hydrogens is 306 g/mol. The Kier molecular flexibility index (Phi) is 4.17. The zero-order valence-electron chi connectivity index (χ0n) is 11.2. The van der Waals surface area contributed by atoms with Crippen LogP contribution in [0.25, 0.3) is 11.4 Å². The number of hydrogen-bond donors (Lipinski definition) is 1. The summed E-state index contributed by atoms with van der Waals surface area (Å²) in [6.07, 6.45) is 3.53. The molecule has 7 heteroatoms. The molecule has 0 aliphatic carbocycles. The minimum atomic E-state index is 0.683. The Bertz CT molecular complexity index is 724. The molecule has 0 aliphatic rings. The van der Waals surface area contributed by atoms with E-state index in [9.17, 15) is 0 Å². The van der Waals surface area contributed by atoms with Crippen molar-refractivity contribution in [3.05, 3.63) is 53.1 Å². The quantitative estimate of drug-likeness (QED) is 0.746. The van der Waals surface area contributed by atoms with Crippen molar-refractivity contribution >= 4 is 23.4 Å². The van der Waals surface area contributed by atoms with Crippen LogP contribution in [0.3, 0.4) is 0 Å². The number of aromatic amines is 1. The van der Waals surface area contributed by atoms with Gasteiger partial charge in [-0.05, 0) is 31.2 Å². The maximum atomic E-state index is 5.87. The standard InChI is InChI=1S/C14H12ClN5S/c1-9-6-17-12(7-16-9)8-21-14-18-13(19-20-14)10-2-4-11(15)5-3-10/h2-7H,8H2,1H3,(H,18,19,20). The molecule has 1 aromatic carbocycles. The molecule has 2 aromatic heterocycles. The second-order valence-electron chi connectivity index (χ2n) is 4.41. The van der Waals surface area contributed by atoms with Crippen molar-refractivity contribution in [2.75, 3.05) is 0 Å². The lowest BCUT2D eigenvalue weighted by atomic mass is 10.2. The fourth-order valence-electron chi connectivity index (χ4n) is 1.68. The molecule has 3 aromatic rings. The smallest absolute Gasteiger partial charge is 0.209 e. The number of nitrogens with zero attached hydrogens (tertiary/aromatic N) is 4. The average Bonchev–Trinajstić information content (AvgIpc) is 2.96. The lowest BCUT2D eigenvalue weighted by Gasteiger charge is -1.97. The Hall–Kier alpha value is -1.92. The third kappa shape index (κ3) is 3.59. The van der Waals surface area contributed by atoms with E-state index < -0.39 is 0 Å². The molecule has 0 unspecified atom stereocenters. The van der Waals surface area contributed by atoms with E-state index in [-0.39, 0.29) is 0 Å². The molecule has 0 spiro atoms. The highest BCUT2D eigenvalue weighted by molar-refractivity contribution is 7.98. The fourth-order valence-corrected chi connectivity index (χ4v) is 2.50. The number of hydrogen-bond acceptors (Lipinski definition) is 5. The molecule has 1 N–H and O–H groups in total. The molecule has 2 heterocycles. The maximum Gasteiger partial charge on any atom is 0.209 e. The average molecular weight is 318 g/mol. The van der Waals surface area contributed by atoms with Gasteiger partial charge in [0.05, 0.1) is 11.4 Å². The van der Waals surface area contributed by atoms with Gasteiger partial charge < -0.3 is 0 Å². The van der Waals surface area contributed by atoms with Crippen molar-refractivity contribution in [3.63, 3.8) is 0 Å². The second-order valence-corrected chi connectivity index (χ2v) is 5.79. The number of thioether (sulfide) groups is 1. The van der Waals surface area contributed by atoms with E-state index in [2.05, 4.69) is 25.1 Å². The van der Waals surface area contributed by atoms with Crippen LogP contribution in [0.2, 0.25) is 5.02 Å². The number of benzene rings is 1. The Morgan fingerprint density at radius 3 is 2.67 bits per heavy atom. The zero-order chi connectivity index (χ0) is 14.7. The topological polar surface area (TPSA) is 67.3 Å². The number of H-pyrrole nitrogens is 1. The molecule has 0 amide bonds. The monoisotopic (exact) mass is 317 g/mol. The molecule has 0 atom stereocenters. The predicted octanol–water partition coefficient (Wildman–Crippen LogP) is 3.52. The van der Waals surface area contributed by atoms with Crippen LogP contribution in [0.1, 0.15) is 11.4 Å². The second kappa shape index (κ2) is 6.24. The van der Waals surface area contributed by atoms with Crippen molar-refractivity contribution in [2.45, 2.75) is 17.8 Å². The van der Waals surface area contributed by atoms with E-state index >= 15 is 0 Å². The van der Waals surface area contributed by atoms with Crippen molar-refractivity contribution in [1.82, 2.24) is 25.1 Å². The first kappa shape index (κ1) is 14.0. The molecule has 3 rings (SSSR count). The Balaban J connectivity index is 1.67. The van der Waals surface area contributed by atoms with Crippen LogP contribution in [0.5, 0.6) is 0 Å². The molecule has 0 bridgehead atoms. The zero-order valence-corrected chi connectivity index (χ0v) is 12.8. The first-order chi connectivity index (χ1) is 10.2. The minimum Gasteiger partial charge on any atom is -0.258 e. The fraction of sp³-hybridized carbons (Fsp3) is 0.143. The normalized spacial score (nSPS) is 10.8. The molecular formula is C14H12ClN5S. The molecule has 0 fully saturated rings. The summed E-state index contributed by atoms with van der Waals surface area (Å²) in [6.45, 7) is 1.91. The first-order valence-electron chi connectivity index (χ1n) is 6.29. The van der Waals surface area contributed by atoms with Gasteiger partial charge in [0.1, 0.15) is 0 Å². The third-order valence-corrected chi connectivity index (χ3v) is 3.90. The van der Waals surface area contributed by atoms with E-state index in [1.165, 1.54) is 11.8 Å². The summed E-state index contributed by atoms with van der Waals surface area (Å²) in [5.74, 6) is 1.41. The number of nitrogens with one attached hydrogen (secondary N) is 1. The summed E-state index contributed by atoms with van der Waals surface area (Å²) < 4.78 is 0. The van der Waals surface area contributed by atoms with Gasteiger partial charge in [0, 0.05) is 28.7 Å². The van der Waals surface area contributed by atoms with Crippen LogP contribution in [0.15, 0.2) is 41.8 Å². The molecule has 21 heavy (non-hydrogen) atoms. The number of rotatable bonds is 4. The lowest BCUT2D eigenvalue weighted by molar-refractivity contribution is 0.969. The van der Waals surface area contributed by atoms with Gasteiger partial charge in [0.15, 0.2) is 5.82 Å². The van der Waals surface area contributed by atoms with E-state index in [1.807, 2.05) is 31.2 Å². The maximum absolute atomic E-state index is 5.87. The van der Waals surface area contributed by atoms with Gasteiger partial charge in [-0.1, -0.05) is 23.4 Å². The summed E-state index contributed by atoms with van der Waals surface area (Å²) in [6, 6.07) is 7.47. The number of halogens is 1. The number of aromatic nitrogens is 5. The van der Waals surface area contributed by atoms with Gasteiger partial charge >= 0.3 is 0 Å². The highest BCUT2D eigenvalue weighted by Crippen LogP contribution is 2.22. The lowest BCUT2D eigenvalue weighted by Crippen LogP contribution is -1.90. The van der Waals surface area contributed by atoms with Crippen LogP contribution in [0.4, 0.5) is 0 Å². The van der Waals surface area contributed by atoms with Gasteiger partial charge in [-0.25, -0.2) is 4.98 Å². The summed E-state index contributed by atoms with van der Waals surface area (Å²) >= 11 is 7.39. The molecule has 0 aliphatic heterocycles. The predicted molar refractivity (Wildman–Crippen MR) is 83.2 cm³/mol.